The quantitative estimate of drug-likeness (QED) is 0.511. The van der Waals surface area contributed by atoms with Crippen LogP contribution in [0.4, 0.5) is 5.69 Å². The summed E-state index contributed by atoms with van der Waals surface area (Å²) in [6, 6.07) is 15.0. The molecule has 158 valence electrons. The van der Waals surface area contributed by atoms with E-state index in [4.69, 9.17) is 18.9 Å². The summed E-state index contributed by atoms with van der Waals surface area (Å²) in [5.41, 5.74) is 2.27. The standard InChI is InChI=1S/C21H24N4O5/c1-27-12-13-30-21-23-20(15-4-10-18(29-3)11-5-15)25(24-21)17-8-6-16(7-9-17)22-19(26)14-28-2/h4-11H,12-14H2,1-3H3,(H,22,26). The van der Waals surface area contributed by atoms with E-state index in [-0.39, 0.29) is 18.5 Å². The van der Waals surface area contributed by atoms with Gasteiger partial charge >= 0.3 is 6.01 Å². The van der Waals surface area contributed by atoms with Gasteiger partial charge in [0.1, 0.15) is 19.0 Å². The summed E-state index contributed by atoms with van der Waals surface area (Å²) in [4.78, 5) is 16.2. The SMILES string of the molecule is COCCOc1nc(-c2ccc(OC)cc2)n(-c2ccc(NC(=O)COC)cc2)n1. The predicted octanol–water partition coefficient (Wildman–Crippen LogP) is 2.55. The highest BCUT2D eigenvalue weighted by molar-refractivity contribution is 5.91. The number of rotatable bonds is 10. The van der Waals surface area contributed by atoms with Crippen molar-refractivity contribution in [2.24, 2.45) is 0 Å². The van der Waals surface area contributed by atoms with Crippen molar-refractivity contribution in [3.05, 3.63) is 48.5 Å². The van der Waals surface area contributed by atoms with E-state index in [1.165, 1.54) is 7.11 Å². The molecular formula is C21H24N4O5. The minimum absolute atomic E-state index is 0.00534. The number of hydrogen-bond acceptors (Lipinski definition) is 7. The number of ether oxygens (including phenoxy) is 4. The highest BCUT2D eigenvalue weighted by Gasteiger charge is 2.15. The first-order valence-corrected chi connectivity index (χ1v) is 9.27. The molecule has 0 bridgehead atoms. The maximum atomic E-state index is 11.7. The van der Waals surface area contributed by atoms with E-state index in [9.17, 15) is 4.79 Å². The number of nitrogens with one attached hydrogen (secondary N) is 1. The zero-order valence-electron chi connectivity index (χ0n) is 17.1. The molecule has 1 N–H and O–H groups in total. The molecule has 0 aliphatic heterocycles. The minimum Gasteiger partial charge on any atom is -0.497 e. The van der Waals surface area contributed by atoms with Crippen molar-refractivity contribution in [2.45, 2.75) is 0 Å². The van der Waals surface area contributed by atoms with Crippen molar-refractivity contribution in [1.82, 2.24) is 14.8 Å². The van der Waals surface area contributed by atoms with Gasteiger partial charge in [0.15, 0.2) is 5.82 Å². The maximum absolute atomic E-state index is 11.7. The summed E-state index contributed by atoms with van der Waals surface area (Å²) in [5, 5.41) is 7.24. The number of amides is 1. The molecule has 0 atom stereocenters. The van der Waals surface area contributed by atoms with Crippen LogP contribution >= 0.6 is 0 Å². The number of aromatic nitrogens is 3. The zero-order valence-corrected chi connectivity index (χ0v) is 17.1. The average molecular weight is 412 g/mol. The third kappa shape index (κ3) is 5.34. The lowest BCUT2D eigenvalue weighted by Crippen LogP contribution is -2.17. The van der Waals surface area contributed by atoms with E-state index in [1.807, 2.05) is 36.4 Å². The smallest absolute Gasteiger partial charge is 0.336 e. The Morgan fingerprint density at radius 3 is 2.33 bits per heavy atom. The molecule has 0 aliphatic rings. The third-order valence-corrected chi connectivity index (χ3v) is 4.13. The van der Waals surface area contributed by atoms with Gasteiger partial charge in [0.25, 0.3) is 0 Å². The molecule has 0 radical (unpaired) electrons. The van der Waals surface area contributed by atoms with Crippen LogP contribution in [0.3, 0.4) is 0 Å². The van der Waals surface area contributed by atoms with Crippen LogP contribution in [0.15, 0.2) is 48.5 Å². The van der Waals surface area contributed by atoms with Gasteiger partial charge in [-0.3, -0.25) is 4.79 Å². The van der Waals surface area contributed by atoms with E-state index in [0.29, 0.717) is 24.7 Å². The molecular weight excluding hydrogens is 388 g/mol. The number of anilines is 1. The van der Waals surface area contributed by atoms with Crippen LogP contribution < -0.4 is 14.8 Å². The normalized spacial score (nSPS) is 10.6. The molecule has 0 saturated carbocycles. The lowest BCUT2D eigenvalue weighted by atomic mass is 10.2. The fourth-order valence-corrected chi connectivity index (χ4v) is 2.69. The van der Waals surface area contributed by atoms with Crippen LogP contribution in [0.1, 0.15) is 0 Å². The van der Waals surface area contributed by atoms with Crippen LogP contribution in [-0.2, 0) is 14.3 Å². The second kappa shape index (κ2) is 10.4. The van der Waals surface area contributed by atoms with Gasteiger partial charge < -0.3 is 24.3 Å². The molecule has 1 aromatic heterocycles. The third-order valence-electron chi connectivity index (χ3n) is 4.13. The maximum Gasteiger partial charge on any atom is 0.336 e. The Bertz CT molecular complexity index is 955. The first kappa shape index (κ1) is 21.3. The van der Waals surface area contributed by atoms with Crippen molar-refractivity contribution in [3.8, 4) is 28.8 Å². The highest BCUT2D eigenvalue weighted by atomic mass is 16.5. The molecule has 9 heteroatoms. The molecule has 0 aliphatic carbocycles. The lowest BCUT2D eigenvalue weighted by molar-refractivity contribution is -0.119. The Labute approximate surface area is 174 Å². The van der Waals surface area contributed by atoms with Crippen LogP contribution in [0, 0.1) is 0 Å². The molecule has 30 heavy (non-hydrogen) atoms. The van der Waals surface area contributed by atoms with E-state index >= 15 is 0 Å². The van der Waals surface area contributed by atoms with Gasteiger partial charge in [-0.05, 0) is 48.5 Å². The van der Waals surface area contributed by atoms with Crippen molar-refractivity contribution < 1.29 is 23.7 Å². The summed E-state index contributed by atoms with van der Waals surface area (Å²) in [5.74, 6) is 1.14. The minimum atomic E-state index is -0.223. The number of benzene rings is 2. The lowest BCUT2D eigenvalue weighted by Gasteiger charge is -2.08. The van der Waals surface area contributed by atoms with E-state index in [2.05, 4.69) is 15.4 Å². The van der Waals surface area contributed by atoms with Gasteiger partial charge in [0, 0.05) is 25.5 Å². The van der Waals surface area contributed by atoms with Crippen molar-refractivity contribution in [1.29, 1.82) is 0 Å². The Morgan fingerprint density at radius 1 is 0.967 bits per heavy atom. The van der Waals surface area contributed by atoms with Crippen LogP contribution in [0.25, 0.3) is 17.1 Å². The van der Waals surface area contributed by atoms with Crippen LogP contribution in [0.2, 0.25) is 0 Å². The molecule has 0 unspecified atom stereocenters. The molecule has 0 fully saturated rings. The van der Waals surface area contributed by atoms with Crippen molar-refractivity contribution in [3.63, 3.8) is 0 Å². The van der Waals surface area contributed by atoms with Crippen LogP contribution in [-0.4, -0.2) is 61.8 Å². The van der Waals surface area contributed by atoms with Gasteiger partial charge in [-0.2, -0.15) is 4.98 Å². The second-order valence-electron chi connectivity index (χ2n) is 6.23. The molecule has 1 amide bonds. The summed E-state index contributed by atoms with van der Waals surface area (Å²) in [6.45, 7) is 0.768. The highest BCUT2D eigenvalue weighted by Crippen LogP contribution is 2.26. The summed E-state index contributed by atoms with van der Waals surface area (Å²) >= 11 is 0. The second-order valence-corrected chi connectivity index (χ2v) is 6.23. The summed E-state index contributed by atoms with van der Waals surface area (Å²) in [7, 11) is 4.69. The van der Waals surface area contributed by atoms with E-state index in [1.54, 1.807) is 31.0 Å². The van der Waals surface area contributed by atoms with Crippen molar-refractivity contribution >= 4 is 11.6 Å². The van der Waals surface area contributed by atoms with Gasteiger partial charge in [-0.15, -0.1) is 5.10 Å². The molecule has 1 heterocycles. The molecule has 9 nitrogen and oxygen atoms in total. The van der Waals surface area contributed by atoms with Gasteiger partial charge in [-0.1, -0.05) is 0 Å². The monoisotopic (exact) mass is 412 g/mol. The average Bonchev–Trinajstić information content (AvgIpc) is 3.19. The topological polar surface area (TPSA) is 96.7 Å². The molecule has 3 rings (SSSR count). The number of methoxy groups -OCH3 is 3. The molecule has 3 aromatic rings. The zero-order chi connectivity index (χ0) is 21.3. The summed E-state index contributed by atoms with van der Waals surface area (Å²) in [6.07, 6.45) is 0. The largest absolute Gasteiger partial charge is 0.497 e. The van der Waals surface area contributed by atoms with E-state index < -0.39 is 0 Å². The number of hydrogen-bond donors (Lipinski definition) is 1. The van der Waals surface area contributed by atoms with Crippen LogP contribution in [0.5, 0.6) is 11.8 Å². The van der Waals surface area contributed by atoms with Gasteiger partial charge in [0.2, 0.25) is 5.91 Å². The van der Waals surface area contributed by atoms with E-state index in [0.717, 1.165) is 17.0 Å². The number of carbonyl (C=O) groups is 1. The Hall–Kier alpha value is -3.43. The van der Waals surface area contributed by atoms with Crippen molar-refractivity contribution in [2.75, 3.05) is 46.5 Å². The Kier molecular flexibility index (Phi) is 7.36. The number of carbonyl (C=O) groups excluding carboxylic acids is 1. The summed E-state index contributed by atoms with van der Waals surface area (Å²) < 4.78 is 22.3. The Morgan fingerprint density at radius 2 is 1.70 bits per heavy atom. The Balaban J connectivity index is 1.90. The fraction of sp³-hybridized carbons (Fsp3) is 0.286. The first-order chi connectivity index (χ1) is 14.6. The number of nitrogens with zero attached hydrogens (tertiary/aromatic N) is 3. The first-order valence-electron chi connectivity index (χ1n) is 9.27. The molecule has 0 spiro atoms. The molecule has 0 saturated heterocycles. The molecule has 2 aromatic carbocycles. The van der Waals surface area contributed by atoms with Gasteiger partial charge in [-0.25, -0.2) is 4.68 Å². The predicted molar refractivity (Wildman–Crippen MR) is 111 cm³/mol. The fourth-order valence-electron chi connectivity index (χ4n) is 2.69. The van der Waals surface area contributed by atoms with Gasteiger partial charge in [0.05, 0.1) is 19.4 Å².